The molecular formula is C25H29FN3O2+. The number of halogens is 1. The molecule has 1 aliphatic heterocycles. The van der Waals surface area contributed by atoms with Gasteiger partial charge in [0, 0.05) is 29.7 Å². The molecule has 1 amide bonds. The van der Waals surface area contributed by atoms with E-state index in [0.29, 0.717) is 29.8 Å². The smallest absolute Gasteiger partial charge is 0.315 e. The molecule has 0 unspecified atom stereocenters. The first-order valence-corrected chi connectivity index (χ1v) is 10.9. The Morgan fingerprint density at radius 1 is 1.10 bits per heavy atom. The molecule has 3 aromatic rings. The normalized spacial score (nSPS) is 15.2. The zero-order valence-electron chi connectivity index (χ0n) is 18.2. The lowest BCUT2D eigenvalue weighted by atomic mass is 10.0. The predicted octanol–water partition coefficient (Wildman–Crippen LogP) is 5.24. The average molecular weight is 423 g/mol. The number of carbonyl (C=O) groups is 1. The molecule has 1 fully saturated rings. The Kier molecular flexibility index (Phi) is 6.18. The predicted molar refractivity (Wildman–Crippen MR) is 119 cm³/mol. The van der Waals surface area contributed by atoms with Crippen LogP contribution in [0.15, 0.2) is 53.2 Å². The van der Waals surface area contributed by atoms with E-state index < -0.39 is 0 Å². The van der Waals surface area contributed by atoms with Crippen molar-refractivity contribution in [1.29, 1.82) is 0 Å². The van der Waals surface area contributed by atoms with Gasteiger partial charge in [0.25, 0.3) is 0 Å². The first-order chi connectivity index (χ1) is 15.0. The van der Waals surface area contributed by atoms with E-state index in [1.54, 1.807) is 18.3 Å². The molecule has 1 saturated heterocycles. The number of quaternary nitrogens is 1. The minimum Gasteiger partial charge on any atom is -0.356 e. The van der Waals surface area contributed by atoms with Crippen molar-refractivity contribution in [3.63, 3.8) is 0 Å². The summed E-state index contributed by atoms with van der Waals surface area (Å²) in [6.45, 7) is 6.53. The van der Waals surface area contributed by atoms with E-state index in [1.807, 2.05) is 0 Å². The second-order valence-electron chi connectivity index (χ2n) is 8.48. The molecule has 0 atom stereocenters. The Bertz CT molecular complexity index is 1030. The minimum absolute atomic E-state index is 0.238. The Labute approximate surface area is 182 Å². The highest BCUT2D eigenvalue weighted by molar-refractivity contribution is 5.71. The summed E-state index contributed by atoms with van der Waals surface area (Å²) in [5.74, 6) is 0.550. The van der Waals surface area contributed by atoms with Gasteiger partial charge in [-0.05, 0) is 55.7 Å². The number of anilines is 1. The fourth-order valence-corrected chi connectivity index (χ4v) is 4.52. The van der Waals surface area contributed by atoms with Gasteiger partial charge < -0.3 is 9.84 Å². The minimum atomic E-state index is -0.295. The Balaban J connectivity index is 1.45. The van der Waals surface area contributed by atoms with Crippen molar-refractivity contribution in [2.45, 2.75) is 39.5 Å². The summed E-state index contributed by atoms with van der Waals surface area (Å²) in [5.41, 5.74) is 5.15. The molecule has 0 aliphatic carbocycles. The van der Waals surface area contributed by atoms with Gasteiger partial charge in [-0.25, -0.2) is 13.7 Å². The maximum Gasteiger partial charge on any atom is 0.315 e. The number of likely N-dealkylation sites (tertiary alicyclic amines) is 1. The third-order valence-corrected chi connectivity index (χ3v) is 6.35. The highest BCUT2D eigenvalue weighted by atomic mass is 19.1. The molecule has 0 bridgehead atoms. The van der Waals surface area contributed by atoms with Crippen molar-refractivity contribution < 1.29 is 18.2 Å². The van der Waals surface area contributed by atoms with Crippen LogP contribution < -0.4 is 5.32 Å². The van der Waals surface area contributed by atoms with Crippen LogP contribution in [0.4, 0.5) is 10.1 Å². The molecule has 162 valence electrons. The van der Waals surface area contributed by atoms with Gasteiger partial charge in [0.2, 0.25) is 0 Å². The number of hydrogen-bond donors (Lipinski definition) is 1. The monoisotopic (exact) mass is 422 g/mol. The number of carbonyl (C=O) groups excluding carboxylic acids is 1. The lowest BCUT2D eigenvalue weighted by molar-refractivity contribution is -0.838. The van der Waals surface area contributed by atoms with E-state index in [4.69, 9.17) is 4.52 Å². The summed E-state index contributed by atoms with van der Waals surface area (Å²) >= 11 is 0. The number of rotatable bonds is 7. The lowest BCUT2D eigenvalue weighted by Crippen LogP contribution is -2.53. The Hall–Kier alpha value is -2.99. The summed E-state index contributed by atoms with van der Waals surface area (Å²) in [4.78, 5) is 13.4. The maximum atomic E-state index is 13.4. The molecule has 4 rings (SSSR count). The number of hydrogen-bond acceptors (Lipinski definition) is 4. The van der Waals surface area contributed by atoms with Gasteiger partial charge in [0.05, 0.1) is 25.7 Å². The van der Waals surface area contributed by atoms with Gasteiger partial charge in [0.15, 0.2) is 12.4 Å². The van der Waals surface area contributed by atoms with Crippen LogP contribution in [0.25, 0.3) is 11.3 Å². The fourth-order valence-electron chi connectivity index (χ4n) is 4.52. The van der Waals surface area contributed by atoms with Crippen LogP contribution in [0.3, 0.4) is 0 Å². The van der Waals surface area contributed by atoms with Gasteiger partial charge in [-0.3, -0.25) is 0 Å². The molecule has 1 N–H and O–H groups in total. The summed E-state index contributed by atoms with van der Waals surface area (Å²) in [6, 6.07) is 12.4. The van der Waals surface area contributed by atoms with Crippen molar-refractivity contribution in [3.05, 3.63) is 71.2 Å². The Morgan fingerprint density at radius 3 is 2.45 bits per heavy atom. The molecule has 6 heteroatoms. The zero-order valence-corrected chi connectivity index (χ0v) is 18.2. The van der Waals surface area contributed by atoms with E-state index in [9.17, 15) is 9.18 Å². The third kappa shape index (κ3) is 4.54. The number of nitrogens with one attached hydrogen (secondary N) is 1. The molecule has 0 spiro atoms. The largest absolute Gasteiger partial charge is 0.356 e. The van der Waals surface area contributed by atoms with E-state index in [-0.39, 0.29) is 11.7 Å². The number of amides is 1. The highest BCUT2D eigenvalue weighted by Crippen LogP contribution is 2.28. The molecule has 2 heterocycles. The molecule has 1 aromatic heterocycles. The summed E-state index contributed by atoms with van der Waals surface area (Å²) in [5, 5.41) is 7.48. The van der Waals surface area contributed by atoms with Crippen LogP contribution >= 0.6 is 0 Å². The number of nitrogens with zero attached hydrogens (tertiary/aromatic N) is 2. The lowest BCUT2D eigenvalue weighted by Gasteiger charge is -2.32. The van der Waals surface area contributed by atoms with Gasteiger partial charge >= 0.3 is 5.91 Å². The van der Waals surface area contributed by atoms with Gasteiger partial charge in [-0.15, -0.1) is 0 Å². The van der Waals surface area contributed by atoms with Crippen LogP contribution in [0, 0.1) is 19.7 Å². The molecule has 2 aromatic carbocycles. The third-order valence-electron chi connectivity index (χ3n) is 6.35. The first-order valence-electron chi connectivity index (χ1n) is 10.9. The quantitative estimate of drug-likeness (QED) is 0.529. The van der Waals surface area contributed by atoms with Crippen LogP contribution in [0.2, 0.25) is 0 Å². The molecular weight excluding hydrogens is 393 g/mol. The van der Waals surface area contributed by atoms with Gasteiger partial charge in [-0.1, -0.05) is 23.4 Å². The molecule has 5 nitrogen and oxygen atoms in total. The topological polar surface area (TPSA) is 55.1 Å². The molecule has 31 heavy (non-hydrogen) atoms. The van der Waals surface area contributed by atoms with Gasteiger partial charge in [-0.2, -0.15) is 0 Å². The summed E-state index contributed by atoms with van der Waals surface area (Å²) < 4.78 is 19.1. The Morgan fingerprint density at radius 2 is 1.77 bits per heavy atom. The number of benzene rings is 2. The van der Waals surface area contributed by atoms with Crippen molar-refractivity contribution in [3.8, 4) is 11.3 Å². The van der Waals surface area contributed by atoms with E-state index >= 15 is 0 Å². The van der Waals surface area contributed by atoms with Crippen LogP contribution in [0.5, 0.6) is 0 Å². The van der Waals surface area contributed by atoms with Crippen LogP contribution in [-0.2, 0) is 11.2 Å². The second-order valence-corrected chi connectivity index (χ2v) is 8.48. The van der Waals surface area contributed by atoms with Gasteiger partial charge in [0.1, 0.15) is 5.82 Å². The van der Waals surface area contributed by atoms with E-state index in [1.165, 1.54) is 23.3 Å². The number of para-hydroxylation sites is 1. The zero-order chi connectivity index (χ0) is 21.8. The summed E-state index contributed by atoms with van der Waals surface area (Å²) in [7, 11) is 0. The van der Waals surface area contributed by atoms with Crippen molar-refractivity contribution in [2.24, 2.45) is 0 Å². The average Bonchev–Trinajstić information content (AvgIpc) is 3.43. The highest BCUT2D eigenvalue weighted by Gasteiger charge is 2.39. The van der Waals surface area contributed by atoms with Crippen molar-refractivity contribution >= 4 is 11.6 Å². The second kappa shape index (κ2) is 9.02. The number of aromatic nitrogens is 1. The SMILES string of the molecule is Cc1cccc(C)c1NC[N+]1(C(=O)CCc2cnoc2-c2ccc(F)cc2)CCCC1. The summed E-state index contributed by atoms with van der Waals surface area (Å²) in [6.07, 6.45) is 4.76. The fraction of sp³-hybridized carbons (Fsp3) is 0.360. The molecule has 1 aliphatic rings. The number of aryl methyl sites for hydroxylation is 3. The van der Waals surface area contributed by atoms with E-state index in [2.05, 4.69) is 42.5 Å². The van der Waals surface area contributed by atoms with Crippen molar-refractivity contribution in [2.75, 3.05) is 25.1 Å². The molecule has 0 radical (unpaired) electrons. The first kappa shape index (κ1) is 21.2. The van der Waals surface area contributed by atoms with Crippen LogP contribution in [0.1, 0.15) is 36.0 Å². The van der Waals surface area contributed by atoms with E-state index in [0.717, 1.165) is 42.7 Å². The molecule has 0 saturated carbocycles. The van der Waals surface area contributed by atoms with Crippen molar-refractivity contribution in [1.82, 2.24) is 5.16 Å². The van der Waals surface area contributed by atoms with Crippen LogP contribution in [-0.4, -0.2) is 35.3 Å². The standard InChI is InChI=1S/C25H29FN3O2/c1-18-6-5-7-19(2)24(18)27-17-29(14-3-4-15-29)23(30)13-10-21-16-28-31-25(21)20-8-11-22(26)12-9-20/h5-9,11-12,16,27H,3-4,10,13-15,17H2,1-2H3/q+1. The maximum absolute atomic E-state index is 13.4.